The van der Waals surface area contributed by atoms with Crippen molar-refractivity contribution >= 4 is 5.91 Å². The van der Waals surface area contributed by atoms with Crippen molar-refractivity contribution in [1.82, 2.24) is 10.2 Å². The van der Waals surface area contributed by atoms with Gasteiger partial charge in [-0.05, 0) is 24.7 Å². The van der Waals surface area contributed by atoms with Crippen molar-refractivity contribution in [2.45, 2.75) is 58.2 Å². The molecule has 0 spiro atoms. The molecule has 2 unspecified atom stereocenters. The summed E-state index contributed by atoms with van der Waals surface area (Å²) in [4.78, 5) is 13.6. The molecule has 1 saturated heterocycles. The zero-order valence-corrected chi connectivity index (χ0v) is 12.5. The van der Waals surface area contributed by atoms with Gasteiger partial charge in [0.1, 0.15) is 6.04 Å². The fourth-order valence-electron chi connectivity index (χ4n) is 2.60. The molecule has 1 aliphatic heterocycles. The number of carbonyl (C=O) groups is 1. The summed E-state index contributed by atoms with van der Waals surface area (Å²) in [5.41, 5.74) is 0.109. The Bertz CT molecular complexity index is 373. The Morgan fingerprint density at radius 2 is 2.15 bits per heavy atom. The first-order valence-electron chi connectivity index (χ1n) is 7.03. The molecule has 0 aromatic heterocycles. The summed E-state index contributed by atoms with van der Waals surface area (Å²) >= 11 is 0. The van der Waals surface area contributed by atoms with Gasteiger partial charge in [-0.3, -0.25) is 9.69 Å². The second-order valence-corrected chi connectivity index (χ2v) is 6.60. The number of amides is 1. The van der Waals surface area contributed by atoms with Gasteiger partial charge in [0.25, 0.3) is 0 Å². The smallest absolute Gasteiger partial charge is 0.243 e. The van der Waals surface area contributed by atoms with Crippen molar-refractivity contribution in [3.05, 3.63) is 0 Å². The standard InChI is InChI=1S/C14H25N3O3/c1-14(2,3)6-10-4-5-12(17(10)9-15)13(20)16-7-11(19)8-18/h10-12,18-19H,4-8H2,1-3H3,(H,16,20)/t10?,11-,12?/m0/s1. The zero-order chi connectivity index (χ0) is 15.3. The predicted octanol–water partition coefficient (Wildman–Crippen LogP) is 0.206. The Balaban J connectivity index is 2.59. The lowest BCUT2D eigenvalue weighted by Crippen LogP contribution is -2.46. The fourth-order valence-corrected chi connectivity index (χ4v) is 2.60. The van der Waals surface area contributed by atoms with Crippen molar-refractivity contribution in [1.29, 1.82) is 5.26 Å². The lowest BCUT2D eigenvalue weighted by molar-refractivity contribution is -0.125. The minimum atomic E-state index is -0.957. The predicted molar refractivity (Wildman–Crippen MR) is 74.4 cm³/mol. The van der Waals surface area contributed by atoms with Crippen LogP contribution in [0.2, 0.25) is 0 Å². The maximum Gasteiger partial charge on any atom is 0.243 e. The highest BCUT2D eigenvalue weighted by molar-refractivity contribution is 5.82. The number of nitrogens with one attached hydrogen (secondary N) is 1. The van der Waals surface area contributed by atoms with E-state index in [1.54, 1.807) is 4.90 Å². The van der Waals surface area contributed by atoms with E-state index in [9.17, 15) is 15.2 Å². The van der Waals surface area contributed by atoms with Crippen LogP contribution in [-0.2, 0) is 4.79 Å². The monoisotopic (exact) mass is 283 g/mol. The Morgan fingerprint density at radius 1 is 1.50 bits per heavy atom. The molecule has 6 nitrogen and oxygen atoms in total. The first-order valence-corrected chi connectivity index (χ1v) is 7.03. The van der Waals surface area contributed by atoms with Crippen LogP contribution in [-0.4, -0.2) is 52.4 Å². The van der Waals surface area contributed by atoms with Crippen LogP contribution >= 0.6 is 0 Å². The Kier molecular flexibility index (Phi) is 5.78. The molecule has 1 amide bonds. The van der Waals surface area contributed by atoms with Gasteiger partial charge in [0.15, 0.2) is 6.19 Å². The summed E-state index contributed by atoms with van der Waals surface area (Å²) in [6, 6.07) is -0.364. The number of aliphatic hydroxyl groups is 2. The van der Waals surface area contributed by atoms with E-state index < -0.39 is 12.1 Å². The molecular formula is C14H25N3O3. The van der Waals surface area contributed by atoms with Gasteiger partial charge >= 0.3 is 0 Å². The average molecular weight is 283 g/mol. The molecule has 0 aromatic carbocycles. The number of carbonyl (C=O) groups excluding carboxylic acids is 1. The van der Waals surface area contributed by atoms with Crippen LogP contribution in [0, 0.1) is 16.9 Å². The van der Waals surface area contributed by atoms with E-state index in [0.717, 1.165) is 12.8 Å². The van der Waals surface area contributed by atoms with Gasteiger partial charge in [0.2, 0.25) is 5.91 Å². The number of hydrogen-bond acceptors (Lipinski definition) is 5. The molecule has 0 aromatic rings. The van der Waals surface area contributed by atoms with Crippen molar-refractivity contribution < 1.29 is 15.0 Å². The number of nitrogens with zero attached hydrogens (tertiary/aromatic N) is 2. The van der Waals surface area contributed by atoms with Crippen molar-refractivity contribution in [2.24, 2.45) is 5.41 Å². The SMILES string of the molecule is CC(C)(C)CC1CCC(C(=O)NC[C@H](O)CO)N1C#N. The highest BCUT2D eigenvalue weighted by Crippen LogP contribution is 2.32. The first-order chi connectivity index (χ1) is 9.28. The molecule has 0 bridgehead atoms. The second kappa shape index (κ2) is 6.91. The van der Waals surface area contributed by atoms with Crippen molar-refractivity contribution in [2.75, 3.05) is 13.2 Å². The molecule has 0 radical (unpaired) electrons. The number of likely N-dealkylation sites (tertiary alicyclic amines) is 1. The Labute approximate surface area is 120 Å². The van der Waals surface area contributed by atoms with E-state index in [2.05, 4.69) is 32.3 Å². The molecular weight excluding hydrogens is 258 g/mol. The van der Waals surface area contributed by atoms with Gasteiger partial charge in [-0.1, -0.05) is 20.8 Å². The summed E-state index contributed by atoms with van der Waals surface area (Å²) < 4.78 is 0. The summed E-state index contributed by atoms with van der Waals surface area (Å²) in [7, 11) is 0. The highest BCUT2D eigenvalue weighted by atomic mass is 16.3. The van der Waals surface area contributed by atoms with Gasteiger partial charge in [0, 0.05) is 12.6 Å². The van der Waals surface area contributed by atoms with Crippen LogP contribution in [0.3, 0.4) is 0 Å². The van der Waals surface area contributed by atoms with Gasteiger partial charge in [-0.15, -0.1) is 0 Å². The van der Waals surface area contributed by atoms with E-state index in [1.165, 1.54) is 0 Å². The quantitative estimate of drug-likeness (QED) is 0.627. The lowest BCUT2D eigenvalue weighted by atomic mass is 9.87. The summed E-state index contributed by atoms with van der Waals surface area (Å²) in [5.74, 6) is -0.254. The van der Waals surface area contributed by atoms with E-state index in [-0.39, 0.29) is 30.5 Å². The Morgan fingerprint density at radius 3 is 2.65 bits per heavy atom. The van der Waals surface area contributed by atoms with E-state index >= 15 is 0 Å². The van der Waals surface area contributed by atoms with Crippen LogP contribution in [0.1, 0.15) is 40.0 Å². The number of rotatable bonds is 5. The number of aliphatic hydroxyl groups excluding tert-OH is 2. The lowest BCUT2D eigenvalue weighted by Gasteiger charge is -2.29. The van der Waals surface area contributed by atoms with E-state index in [1.807, 2.05) is 0 Å². The molecule has 6 heteroatoms. The number of hydrogen-bond donors (Lipinski definition) is 3. The van der Waals surface area contributed by atoms with Crippen molar-refractivity contribution in [3.8, 4) is 6.19 Å². The molecule has 114 valence electrons. The third-order valence-corrected chi connectivity index (χ3v) is 3.49. The van der Waals surface area contributed by atoms with Gasteiger partial charge in [0.05, 0.1) is 12.7 Å². The molecule has 1 rings (SSSR count). The largest absolute Gasteiger partial charge is 0.394 e. The van der Waals surface area contributed by atoms with E-state index in [4.69, 9.17) is 5.11 Å². The maximum atomic E-state index is 12.0. The third kappa shape index (κ3) is 4.66. The normalized spacial score (nSPS) is 24.3. The molecule has 1 heterocycles. The average Bonchev–Trinajstić information content (AvgIpc) is 2.75. The van der Waals surface area contributed by atoms with Gasteiger partial charge in [-0.25, -0.2) is 0 Å². The van der Waals surface area contributed by atoms with Crippen LogP contribution < -0.4 is 5.32 Å². The van der Waals surface area contributed by atoms with Crippen LogP contribution in [0.15, 0.2) is 0 Å². The molecule has 1 aliphatic rings. The third-order valence-electron chi connectivity index (χ3n) is 3.49. The molecule has 3 atom stereocenters. The summed E-state index contributed by atoms with van der Waals surface area (Å²) in [6.45, 7) is 5.98. The van der Waals surface area contributed by atoms with Crippen molar-refractivity contribution in [3.63, 3.8) is 0 Å². The minimum absolute atomic E-state index is 0.00897. The first kappa shape index (κ1) is 16.7. The maximum absolute atomic E-state index is 12.0. The molecule has 0 aliphatic carbocycles. The summed E-state index contributed by atoms with van der Waals surface area (Å²) in [6.07, 6.45) is 3.51. The second-order valence-electron chi connectivity index (χ2n) is 6.60. The fraction of sp³-hybridized carbons (Fsp3) is 0.857. The minimum Gasteiger partial charge on any atom is -0.394 e. The molecule has 20 heavy (non-hydrogen) atoms. The number of nitriles is 1. The highest BCUT2D eigenvalue weighted by Gasteiger charge is 2.38. The molecule has 1 fully saturated rings. The van der Waals surface area contributed by atoms with Crippen LogP contribution in [0.25, 0.3) is 0 Å². The topological polar surface area (TPSA) is 96.6 Å². The van der Waals surface area contributed by atoms with Gasteiger partial charge in [-0.2, -0.15) is 5.26 Å². The summed E-state index contributed by atoms with van der Waals surface area (Å²) in [5, 5.41) is 29.8. The molecule has 0 saturated carbocycles. The Hall–Kier alpha value is -1.32. The van der Waals surface area contributed by atoms with Gasteiger partial charge < -0.3 is 15.5 Å². The van der Waals surface area contributed by atoms with E-state index in [0.29, 0.717) is 6.42 Å². The zero-order valence-electron chi connectivity index (χ0n) is 12.5. The molecule has 3 N–H and O–H groups in total. The van der Waals surface area contributed by atoms with Crippen LogP contribution in [0.5, 0.6) is 0 Å². The van der Waals surface area contributed by atoms with Crippen LogP contribution in [0.4, 0.5) is 0 Å².